The second kappa shape index (κ2) is 8.71. The Morgan fingerprint density at radius 2 is 1.86 bits per heavy atom. The Labute approximate surface area is 132 Å². The highest BCUT2D eigenvalue weighted by Gasteiger charge is 2.30. The van der Waals surface area contributed by atoms with Gasteiger partial charge in [0.1, 0.15) is 7.11 Å². The van der Waals surface area contributed by atoms with Gasteiger partial charge in [0.05, 0.1) is 12.8 Å². The number of benzene rings is 1. The molecule has 0 bridgehead atoms. The van der Waals surface area contributed by atoms with E-state index in [0.29, 0.717) is 10.7 Å². The average Bonchev–Trinajstić information content (AvgIpc) is 2.52. The third-order valence-corrected chi connectivity index (χ3v) is 2.96. The highest BCUT2D eigenvalue weighted by molar-refractivity contribution is 6.62. The quantitative estimate of drug-likeness (QED) is 0.191. The maximum absolute atomic E-state index is 11.9. The van der Waals surface area contributed by atoms with Crippen LogP contribution in [0.2, 0.25) is 5.02 Å². The zero-order valence-electron chi connectivity index (χ0n) is 12.1. The summed E-state index contributed by atoms with van der Waals surface area (Å²) in [5, 5.41) is 4.42. The van der Waals surface area contributed by atoms with Crippen molar-refractivity contribution in [3.8, 4) is 0 Å². The van der Waals surface area contributed by atoms with Crippen molar-refractivity contribution in [3.63, 3.8) is 0 Å². The van der Waals surface area contributed by atoms with E-state index in [1.807, 2.05) is 0 Å². The van der Waals surface area contributed by atoms with Crippen molar-refractivity contribution in [2.45, 2.75) is 12.8 Å². The first-order valence-corrected chi connectivity index (χ1v) is 6.60. The van der Waals surface area contributed by atoms with Gasteiger partial charge in [0.15, 0.2) is 0 Å². The fourth-order valence-corrected chi connectivity index (χ4v) is 1.78. The predicted octanol–water partition coefficient (Wildman–Crippen LogP) is 1.88. The number of ether oxygens (including phenoxy) is 1. The van der Waals surface area contributed by atoms with Gasteiger partial charge >= 0.3 is 11.7 Å². The number of methoxy groups -OCH3 is 1. The molecule has 0 aromatic heterocycles. The van der Waals surface area contributed by atoms with Gasteiger partial charge in [-0.25, -0.2) is 4.79 Å². The van der Waals surface area contributed by atoms with Gasteiger partial charge in [-0.3, -0.25) is 4.79 Å². The molecular weight excluding hydrogens is 310 g/mol. The second-order valence-electron chi connectivity index (χ2n) is 4.09. The van der Waals surface area contributed by atoms with Gasteiger partial charge < -0.3 is 15.1 Å². The molecule has 22 heavy (non-hydrogen) atoms. The molecule has 0 N–H and O–H groups in total. The molecule has 0 heterocycles. The highest BCUT2D eigenvalue weighted by atomic mass is 35.5. The van der Waals surface area contributed by atoms with Crippen molar-refractivity contribution in [1.82, 2.24) is 0 Å². The Kier molecular flexibility index (Phi) is 6.95. The number of oxime groups is 1. The molecular formula is C14H14ClN3O4. The SMILES string of the molecule is CO/N=C(\CCC(=O)C(=[N+]=[N-])C(=O)OC)c1ccc(Cl)cc1. The normalized spacial score (nSPS) is 10.6. The van der Waals surface area contributed by atoms with Gasteiger partial charge in [0, 0.05) is 17.9 Å². The first kappa shape index (κ1) is 17.6. The molecule has 0 radical (unpaired) electrons. The van der Waals surface area contributed by atoms with Crippen molar-refractivity contribution in [1.29, 1.82) is 0 Å². The lowest BCUT2D eigenvalue weighted by atomic mass is 10.0. The number of hydrogen-bond acceptors (Lipinski definition) is 5. The van der Waals surface area contributed by atoms with E-state index in [1.54, 1.807) is 24.3 Å². The second-order valence-corrected chi connectivity index (χ2v) is 4.53. The third kappa shape index (κ3) is 4.80. The Hall–Kier alpha value is -2.50. The largest absolute Gasteiger partial charge is 0.460 e. The summed E-state index contributed by atoms with van der Waals surface area (Å²) >= 11 is 5.81. The Morgan fingerprint density at radius 1 is 1.23 bits per heavy atom. The maximum atomic E-state index is 11.9. The molecule has 0 aliphatic heterocycles. The predicted molar refractivity (Wildman–Crippen MR) is 79.9 cm³/mol. The smallest absolute Gasteiger partial charge is 0.441 e. The molecule has 7 nitrogen and oxygen atoms in total. The highest BCUT2D eigenvalue weighted by Crippen LogP contribution is 2.13. The van der Waals surface area contributed by atoms with Crippen LogP contribution in [0.4, 0.5) is 0 Å². The number of Topliss-reactive ketones (excluding diaryl/α,β-unsaturated/α-hetero) is 1. The standard InChI is InChI=1S/C14H14ClN3O4/c1-21-14(20)13(17-16)12(19)8-7-11(18-22-2)9-3-5-10(15)6-4-9/h3-6H,7-8H2,1-2H3/b18-11+. The van der Waals surface area contributed by atoms with Crippen LogP contribution in [-0.2, 0) is 19.2 Å². The number of halogens is 1. The van der Waals surface area contributed by atoms with Gasteiger partial charge in [0.2, 0.25) is 0 Å². The summed E-state index contributed by atoms with van der Waals surface area (Å²) in [6, 6.07) is 6.82. The van der Waals surface area contributed by atoms with Crippen molar-refractivity contribution in [2.75, 3.05) is 14.2 Å². The Balaban J connectivity index is 2.84. The lowest BCUT2D eigenvalue weighted by Crippen LogP contribution is -2.27. The molecule has 0 fully saturated rings. The van der Waals surface area contributed by atoms with Gasteiger partial charge in [-0.15, -0.1) is 0 Å². The average molecular weight is 324 g/mol. The summed E-state index contributed by atoms with van der Waals surface area (Å²) in [7, 11) is 2.47. The maximum Gasteiger partial charge on any atom is 0.441 e. The third-order valence-electron chi connectivity index (χ3n) is 2.71. The number of hydrogen-bond donors (Lipinski definition) is 0. The van der Waals surface area contributed by atoms with E-state index in [2.05, 4.69) is 14.7 Å². The minimum Gasteiger partial charge on any atom is -0.460 e. The van der Waals surface area contributed by atoms with E-state index in [-0.39, 0.29) is 12.8 Å². The number of rotatable bonds is 7. The van der Waals surface area contributed by atoms with Crippen LogP contribution < -0.4 is 0 Å². The van der Waals surface area contributed by atoms with Crippen molar-refractivity contribution >= 4 is 34.8 Å². The van der Waals surface area contributed by atoms with E-state index >= 15 is 0 Å². The monoisotopic (exact) mass is 323 g/mol. The van der Waals surface area contributed by atoms with E-state index < -0.39 is 17.5 Å². The topological polar surface area (TPSA) is 101 Å². The Bertz CT molecular complexity index is 634. The molecule has 0 saturated carbocycles. The molecule has 1 aromatic rings. The van der Waals surface area contributed by atoms with Crippen LogP contribution in [0.3, 0.4) is 0 Å². The number of esters is 1. The number of nitrogens with zero attached hydrogens (tertiary/aromatic N) is 3. The molecule has 8 heteroatoms. The van der Waals surface area contributed by atoms with Gasteiger partial charge in [-0.05, 0) is 17.7 Å². The molecule has 0 amide bonds. The number of carbonyl (C=O) groups excluding carboxylic acids is 2. The first-order chi connectivity index (χ1) is 10.5. The van der Waals surface area contributed by atoms with E-state index in [4.69, 9.17) is 22.0 Å². The molecule has 0 aliphatic rings. The van der Waals surface area contributed by atoms with Crippen LogP contribution in [0.1, 0.15) is 18.4 Å². The zero-order valence-corrected chi connectivity index (χ0v) is 12.8. The lowest BCUT2D eigenvalue weighted by molar-refractivity contribution is -0.139. The van der Waals surface area contributed by atoms with E-state index in [0.717, 1.165) is 12.7 Å². The van der Waals surface area contributed by atoms with Crippen LogP contribution in [0.15, 0.2) is 29.4 Å². The molecule has 1 rings (SSSR count). The fraction of sp³-hybridized carbons (Fsp3) is 0.286. The minimum atomic E-state index is -0.996. The lowest BCUT2D eigenvalue weighted by Gasteiger charge is -2.05. The molecule has 0 saturated heterocycles. The number of carbonyl (C=O) groups is 2. The molecule has 0 unspecified atom stereocenters. The fourth-order valence-electron chi connectivity index (χ4n) is 1.65. The van der Waals surface area contributed by atoms with Crippen molar-refractivity contribution in [3.05, 3.63) is 40.4 Å². The molecule has 1 aromatic carbocycles. The van der Waals surface area contributed by atoms with Gasteiger partial charge in [0.25, 0.3) is 5.78 Å². The summed E-state index contributed by atoms with van der Waals surface area (Å²) in [6.07, 6.45) is 0.0869. The van der Waals surface area contributed by atoms with Crippen LogP contribution >= 0.6 is 11.6 Å². The summed E-state index contributed by atoms with van der Waals surface area (Å²) in [5.74, 6) is -1.66. The summed E-state index contributed by atoms with van der Waals surface area (Å²) in [5.41, 5.74) is 9.27. The minimum absolute atomic E-state index is 0.0979. The van der Waals surface area contributed by atoms with Gasteiger partial charge in [-0.2, -0.15) is 4.79 Å². The van der Waals surface area contributed by atoms with Gasteiger partial charge in [-0.1, -0.05) is 28.9 Å². The zero-order chi connectivity index (χ0) is 16.5. The van der Waals surface area contributed by atoms with Crippen molar-refractivity contribution < 1.29 is 24.0 Å². The van der Waals surface area contributed by atoms with Crippen LogP contribution in [0.5, 0.6) is 0 Å². The van der Waals surface area contributed by atoms with E-state index in [9.17, 15) is 9.59 Å². The van der Waals surface area contributed by atoms with Crippen LogP contribution in [0, 0.1) is 0 Å². The summed E-state index contributed by atoms with van der Waals surface area (Å²) in [6.45, 7) is 0. The summed E-state index contributed by atoms with van der Waals surface area (Å²) in [4.78, 5) is 30.5. The number of ketones is 1. The molecule has 0 spiro atoms. The van der Waals surface area contributed by atoms with Crippen molar-refractivity contribution in [2.24, 2.45) is 5.16 Å². The first-order valence-electron chi connectivity index (χ1n) is 6.23. The summed E-state index contributed by atoms with van der Waals surface area (Å²) < 4.78 is 4.36. The Morgan fingerprint density at radius 3 is 2.36 bits per heavy atom. The molecule has 116 valence electrons. The molecule has 0 aliphatic carbocycles. The van der Waals surface area contributed by atoms with Crippen LogP contribution in [-0.4, -0.2) is 42.2 Å². The van der Waals surface area contributed by atoms with Crippen LogP contribution in [0.25, 0.3) is 5.53 Å². The molecule has 0 atom stereocenters. The van der Waals surface area contributed by atoms with E-state index in [1.165, 1.54) is 7.11 Å².